The average Bonchev–Trinajstić information content (AvgIpc) is 2.40. The molecule has 96 valence electrons. The van der Waals surface area contributed by atoms with Crippen molar-refractivity contribution in [1.29, 1.82) is 0 Å². The van der Waals surface area contributed by atoms with Gasteiger partial charge in [0.05, 0.1) is 5.56 Å². The van der Waals surface area contributed by atoms with Crippen molar-refractivity contribution >= 4 is 29.1 Å². The van der Waals surface area contributed by atoms with E-state index in [1.165, 1.54) is 12.2 Å². The van der Waals surface area contributed by atoms with Crippen LogP contribution in [0.1, 0.15) is 17.3 Å². The topological polar surface area (TPSA) is 55.7 Å². The Balaban J connectivity index is 2.07. The lowest BCUT2D eigenvalue weighted by atomic mass is 10.1. The van der Waals surface area contributed by atoms with Crippen LogP contribution in [0, 0.1) is 0 Å². The summed E-state index contributed by atoms with van der Waals surface area (Å²) < 4.78 is 0. The van der Waals surface area contributed by atoms with Gasteiger partial charge in [0.15, 0.2) is 5.78 Å². The number of ketones is 1. The molecule has 0 aliphatic heterocycles. The monoisotopic (exact) mass is 275 g/mol. The van der Waals surface area contributed by atoms with Crippen LogP contribution >= 0.6 is 11.6 Å². The Labute approximate surface area is 115 Å². The van der Waals surface area contributed by atoms with Crippen molar-refractivity contribution in [1.82, 2.24) is 0 Å². The molecule has 1 aliphatic carbocycles. The van der Waals surface area contributed by atoms with Crippen molar-refractivity contribution in [3.63, 3.8) is 0 Å². The van der Waals surface area contributed by atoms with Crippen LogP contribution in [0.5, 0.6) is 0 Å². The first kappa shape index (κ1) is 13.2. The molecule has 1 aromatic carbocycles. The smallest absolute Gasteiger partial charge is 0.312 e. The molecule has 0 amide bonds. The molecule has 0 heterocycles. The Morgan fingerprint density at radius 2 is 1.89 bits per heavy atom. The molecule has 5 heteroatoms. The zero-order valence-corrected chi connectivity index (χ0v) is 10.8. The van der Waals surface area contributed by atoms with Gasteiger partial charge < -0.3 is 4.84 Å². The van der Waals surface area contributed by atoms with Gasteiger partial charge in [0.1, 0.15) is 5.71 Å². The van der Waals surface area contributed by atoms with Crippen LogP contribution in [-0.4, -0.2) is 17.5 Å². The number of carbonyl (C=O) groups is 2. The molecule has 0 radical (unpaired) electrons. The maximum absolute atomic E-state index is 11.7. The fourth-order valence-corrected chi connectivity index (χ4v) is 1.55. The van der Waals surface area contributed by atoms with Gasteiger partial charge in [-0.1, -0.05) is 16.8 Å². The molecular formula is C14H10ClNO3. The van der Waals surface area contributed by atoms with E-state index in [1.807, 2.05) is 0 Å². The quantitative estimate of drug-likeness (QED) is 0.474. The van der Waals surface area contributed by atoms with Crippen molar-refractivity contribution in [2.45, 2.75) is 6.92 Å². The SMILES string of the molecule is CC1=C/C(=N/OC(=O)c2ccc(Cl)cc2)C=CC1=O. The number of rotatable bonds is 2. The lowest BCUT2D eigenvalue weighted by Crippen LogP contribution is -2.07. The van der Waals surface area contributed by atoms with E-state index >= 15 is 0 Å². The fraction of sp³-hybridized carbons (Fsp3) is 0.0714. The van der Waals surface area contributed by atoms with Crippen molar-refractivity contribution in [3.8, 4) is 0 Å². The number of halogens is 1. The molecular weight excluding hydrogens is 266 g/mol. The van der Waals surface area contributed by atoms with E-state index in [0.717, 1.165) is 0 Å². The van der Waals surface area contributed by atoms with Crippen molar-refractivity contribution in [2.24, 2.45) is 5.16 Å². The summed E-state index contributed by atoms with van der Waals surface area (Å²) in [6.45, 7) is 1.67. The van der Waals surface area contributed by atoms with E-state index in [9.17, 15) is 9.59 Å². The number of nitrogens with zero attached hydrogens (tertiary/aromatic N) is 1. The van der Waals surface area contributed by atoms with Crippen LogP contribution in [0.15, 0.2) is 53.2 Å². The van der Waals surface area contributed by atoms with Gasteiger partial charge in [-0.25, -0.2) is 4.79 Å². The molecule has 0 unspecified atom stereocenters. The molecule has 2 rings (SSSR count). The Hall–Kier alpha value is -2.20. The second-order valence-electron chi connectivity index (χ2n) is 3.93. The molecule has 1 aliphatic rings. The summed E-state index contributed by atoms with van der Waals surface area (Å²) in [5, 5.41) is 4.22. The third-order valence-corrected chi connectivity index (χ3v) is 2.72. The lowest BCUT2D eigenvalue weighted by molar-refractivity contribution is -0.111. The standard InChI is InChI=1S/C14H10ClNO3/c1-9-8-12(6-7-13(9)17)16-19-14(18)10-2-4-11(15)5-3-10/h2-8H,1H3/b16-12+. The second-order valence-corrected chi connectivity index (χ2v) is 4.36. The first-order chi connectivity index (χ1) is 9.06. The Bertz CT molecular complexity index is 612. The summed E-state index contributed by atoms with van der Waals surface area (Å²) in [6.07, 6.45) is 4.42. The minimum absolute atomic E-state index is 0.0806. The molecule has 0 fully saturated rings. The van der Waals surface area contributed by atoms with Gasteiger partial charge in [-0.15, -0.1) is 0 Å². The number of allylic oxidation sites excluding steroid dienone is 4. The molecule has 0 saturated heterocycles. The van der Waals surface area contributed by atoms with E-state index in [-0.39, 0.29) is 5.78 Å². The van der Waals surface area contributed by atoms with Crippen LogP contribution in [0.25, 0.3) is 0 Å². The lowest BCUT2D eigenvalue weighted by Gasteiger charge is -2.03. The zero-order chi connectivity index (χ0) is 13.8. The van der Waals surface area contributed by atoms with Crippen LogP contribution in [0.4, 0.5) is 0 Å². The highest BCUT2D eigenvalue weighted by Crippen LogP contribution is 2.11. The largest absolute Gasteiger partial charge is 0.365 e. The van der Waals surface area contributed by atoms with Crippen LogP contribution in [-0.2, 0) is 9.63 Å². The highest BCUT2D eigenvalue weighted by Gasteiger charge is 2.10. The van der Waals surface area contributed by atoms with Crippen LogP contribution in [0.2, 0.25) is 5.02 Å². The molecule has 19 heavy (non-hydrogen) atoms. The number of hydrogen-bond acceptors (Lipinski definition) is 4. The summed E-state index contributed by atoms with van der Waals surface area (Å²) in [6, 6.07) is 6.28. The van der Waals surface area contributed by atoms with Gasteiger partial charge in [-0.05, 0) is 55.0 Å². The third kappa shape index (κ3) is 3.39. The third-order valence-electron chi connectivity index (χ3n) is 2.47. The summed E-state index contributed by atoms with van der Waals surface area (Å²) >= 11 is 5.72. The van der Waals surface area contributed by atoms with Gasteiger partial charge in [-0.3, -0.25) is 4.79 Å². The van der Waals surface area contributed by atoms with E-state index < -0.39 is 5.97 Å². The van der Waals surface area contributed by atoms with Gasteiger partial charge in [-0.2, -0.15) is 0 Å². The molecule has 1 aromatic rings. The van der Waals surface area contributed by atoms with Crippen molar-refractivity contribution in [3.05, 3.63) is 58.7 Å². The van der Waals surface area contributed by atoms with Gasteiger partial charge >= 0.3 is 5.97 Å². The Morgan fingerprint density at radius 3 is 2.53 bits per heavy atom. The highest BCUT2D eigenvalue weighted by molar-refractivity contribution is 6.30. The van der Waals surface area contributed by atoms with Crippen molar-refractivity contribution < 1.29 is 14.4 Å². The summed E-state index contributed by atoms with van der Waals surface area (Å²) in [5.74, 6) is -0.663. The summed E-state index contributed by atoms with van der Waals surface area (Å²) in [4.78, 5) is 27.7. The van der Waals surface area contributed by atoms with Crippen LogP contribution in [0.3, 0.4) is 0 Å². The minimum Gasteiger partial charge on any atom is -0.312 e. The van der Waals surface area contributed by atoms with E-state index in [0.29, 0.717) is 21.9 Å². The zero-order valence-electron chi connectivity index (χ0n) is 10.1. The molecule has 0 N–H and O–H groups in total. The maximum Gasteiger partial charge on any atom is 0.365 e. The Kier molecular flexibility index (Phi) is 3.92. The molecule has 0 bridgehead atoms. The van der Waals surface area contributed by atoms with Crippen molar-refractivity contribution in [2.75, 3.05) is 0 Å². The predicted molar refractivity (Wildman–Crippen MR) is 72.2 cm³/mol. The van der Waals surface area contributed by atoms with Gasteiger partial charge in [0.2, 0.25) is 0 Å². The van der Waals surface area contributed by atoms with Gasteiger partial charge in [0.25, 0.3) is 0 Å². The number of hydrogen-bond donors (Lipinski definition) is 0. The van der Waals surface area contributed by atoms with Crippen LogP contribution < -0.4 is 0 Å². The fourth-order valence-electron chi connectivity index (χ4n) is 1.42. The van der Waals surface area contributed by atoms with Gasteiger partial charge in [0, 0.05) is 5.02 Å². The maximum atomic E-state index is 11.7. The summed E-state index contributed by atoms with van der Waals surface area (Å²) in [7, 11) is 0. The highest BCUT2D eigenvalue weighted by atomic mass is 35.5. The first-order valence-electron chi connectivity index (χ1n) is 5.52. The molecule has 0 spiro atoms. The van der Waals surface area contributed by atoms with E-state index in [4.69, 9.17) is 16.4 Å². The number of benzene rings is 1. The first-order valence-corrected chi connectivity index (χ1v) is 5.89. The molecule has 0 saturated carbocycles. The Morgan fingerprint density at radius 1 is 1.21 bits per heavy atom. The van der Waals surface area contributed by atoms with E-state index in [1.54, 1.807) is 37.3 Å². The second kappa shape index (κ2) is 5.63. The predicted octanol–water partition coefficient (Wildman–Crippen LogP) is 2.94. The number of oxime groups is 1. The molecule has 0 atom stereocenters. The summed E-state index contributed by atoms with van der Waals surface area (Å²) in [5.41, 5.74) is 1.31. The van der Waals surface area contributed by atoms with E-state index in [2.05, 4.69) is 5.16 Å². The minimum atomic E-state index is -0.583. The normalized spacial score (nSPS) is 16.4. The number of carbonyl (C=O) groups excluding carboxylic acids is 2. The average molecular weight is 276 g/mol. The molecule has 0 aromatic heterocycles. The molecule has 4 nitrogen and oxygen atoms in total.